The highest BCUT2D eigenvalue weighted by atomic mass is 19.1. The molecule has 2 aromatic carbocycles. The van der Waals surface area contributed by atoms with Gasteiger partial charge in [-0.05, 0) is 28.8 Å². The third kappa shape index (κ3) is 2.00. The number of aliphatic hydroxyl groups is 1. The standard InChI is InChI=1S/C16H15FO2/c1-19-15-7-6-13(8-14(15)17)16(18)9-11-4-2-3-5-12(11)10-16/h2-8,18H,9-10H2,1H3. The molecule has 0 atom stereocenters. The van der Waals surface area contributed by atoms with E-state index >= 15 is 0 Å². The molecule has 0 heterocycles. The van der Waals surface area contributed by atoms with E-state index in [0.29, 0.717) is 18.4 Å². The summed E-state index contributed by atoms with van der Waals surface area (Å²) in [5, 5.41) is 10.8. The van der Waals surface area contributed by atoms with E-state index in [2.05, 4.69) is 0 Å². The zero-order valence-corrected chi connectivity index (χ0v) is 10.7. The van der Waals surface area contributed by atoms with Gasteiger partial charge in [0.25, 0.3) is 0 Å². The lowest BCUT2D eigenvalue weighted by molar-refractivity contribution is 0.0478. The Morgan fingerprint density at radius 1 is 1.11 bits per heavy atom. The Morgan fingerprint density at radius 3 is 2.26 bits per heavy atom. The van der Waals surface area contributed by atoms with Crippen molar-refractivity contribution in [3.8, 4) is 5.75 Å². The number of fused-ring (bicyclic) bond motifs is 1. The maximum Gasteiger partial charge on any atom is 0.165 e. The molecule has 0 unspecified atom stereocenters. The normalized spacial score (nSPS) is 16.2. The average Bonchev–Trinajstić information content (AvgIpc) is 2.76. The smallest absolute Gasteiger partial charge is 0.165 e. The minimum Gasteiger partial charge on any atom is -0.494 e. The lowest BCUT2D eigenvalue weighted by Gasteiger charge is -2.23. The van der Waals surface area contributed by atoms with Gasteiger partial charge in [0.05, 0.1) is 12.7 Å². The largest absolute Gasteiger partial charge is 0.494 e. The lowest BCUT2D eigenvalue weighted by Crippen LogP contribution is -2.26. The SMILES string of the molecule is COc1ccc(C2(O)Cc3ccccc3C2)cc1F. The number of methoxy groups -OCH3 is 1. The molecule has 19 heavy (non-hydrogen) atoms. The van der Waals surface area contributed by atoms with Crippen molar-refractivity contribution < 1.29 is 14.2 Å². The summed E-state index contributed by atoms with van der Waals surface area (Å²) in [6.07, 6.45) is 1.05. The van der Waals surface area contributed by atoms with E-state index in [4.69, 9.17) is 4.74 Å². The molecule has 1 aliphatic carbocycles. The molecule has 98 valence electrons. The molecule has 0 bridgehead atoms. The van der Waals surface area contributed by atoms with Crippen molar-refractivity contribution in [3.05, 3.63) is 65.0 Å². The third-order valence-corrected chi connectivity index (χ3v) is 3.77. The fourth-order valence-electron chi connectivity index (χ4n) is 2.76. The Hall–Kier alpha value is -1.87. The van der Waals surface area contributed by atoms with Gasteiger partial charge in [-0.1, -0.05) is 30.3 Å². The molecule has 2 nitrogen and oxygen atoms in total. The van der Waals surface area contributed by atoms with Crippen molar-refractivity contribution in [2.75, 3.05) is 7.11 Å². The zero-order chi connectivity index (χ0) is 13.5. The molecular formula is C16H15FO2. The molecule has 0 saturated carbocycles. The number of halogens is 1. The third-order valence-electron chi connectivity index (χ3n) is 3.77. The predicted octanol–water partition coefficient (Wildman–Crippen LogP) is 2.82. The molecule has 0 aliphatic heterocycles. The molecule has 0 aromatic heterocycles. The summed E-state index contributed by atoms with van der Waals surface area (Å²) >= 11 is 0. The number of benzene rings is 2. The highest BCUT2D eigenvalue weighted by molar-refractivity contribution is 5.41. The maximum absolute atomic E-state index is 13.8. The van der Waals surface area contributed by atoms with E-state index in [1.54, 1.807) is 12.1 Å². The van der Waals surface area contributed by atoms with Gasteiger partial charge in [-0.15, -0.1) is 0 Å². The lowest BCUT2D eigenvalue weighted by atomic mass is 9.90. The Kier molecular flexibility index (Phi) is 2.79. The number of hydrogen-bond acceptors (Lipinski definition) is 2. The summed E-state index contributed by atoms with van der Waals surface area (Å²) in [7, 11) is 1.43. The first-order chi connectivity index (χ1) is 9.12. The first-order valence-electron chi connectivity index (χ1n) is 6.25. The van der Waals surface area contributed by atoms with Crippen molar-refractivity contribution in [2.24, 2.45) is 0 Å². The van der Waals surface area contributed by atoms with E-state index in [0.717, 1.165) is 11.1 Å². The summed E-state index contributed by atoms with van der Waals surface area (Å²) in [5.74, 6) is -0.243. The van der Waals surface area contributed by atoms with Crippen LogP contribution in [0.15, 0.2) is 42.5 Å². The van der Waals surface area contributed by atoms with Gasteiger partial charge in [-0.3, -0.25) is 0 Å². The van der Waals surface area contributed by atoms with Gasteiger partial charge in [-0.2, -0.15) is 0 Å². The Balaban J connectivity index is 1.98. The van der Waals surface area contributed by atoms with Crippen molar-refractivity contribution in [2.45, 2.75) is 18.4 Å². The van der Waals surface area contributed by atoms with Crippen molar-refractivity contribution in [3.63, 3.8) is 0 Å². The zero-order valence-electron chi connectivity index (χ0n) is 10.7. The van der Waals surface area contributed by atoms with Gasteiger partial charge in [0.2, 0.25) is 0 Å². The molecule has 3 rings (SSSR count). The van der Waals surface area contributed by atoms with Gasteiger partial charge in [0.1, 0.15) is 0 Å². The molecule has 1 N–H and O–H groups in total. The average molecular weight is 258 g/mol. The summed E-state index contributed by atoms with van der Waals surface area (Å²) in [5.41, 5.74) is 1.83. The van der Waals surface area contributed by atoms with Crippen LogP contribution in [0.25, 0.3) is 0 Å². The van der Waals surface area contributed by atoms with E-state index in [1.165, 1.54) is 13.2 Å². The van der Waals surface area contributed by atoms with E-state index in [-0.39, 0.29) is 5.75 Å². The van der Waals surface area contributed by atoms with Gasteiger partial charge in [-0.25, -0.2) is 4.39 Å². The maximum atomic E-state index is 13.8. The van der Waals surface area contributed by atoms with Gasteiger partial charge >= 0.3 is 0 Å². The van der Waals surface area contributed by atoms with Crippen LogP contribution in [0.2, 0.25) is 0 Å². The van der Waals surface area contributed by atoms with Crippen molar-refractivity contribution in [1.29, 1.82) is 0 Å². The first-order valence-corrected chi connectivity index (χ1v) is 6.25. The quantitative estimate of drug-likeness (QED) is 0.897. The number of ether oxygens (including phenoxy) is 1. The van der Waals surface area contributed by atoms with Crippen LogP contribution in [0.3, 0.4) is 0 Å². The summed E-state index contributed by atoms with van der Waals surface area (Å²) in [6, 6.07) is 12.6. The van der Waals surface area contributed by atoms with Crippen LogP contribution in [0.4, 0.5) is 4.39 Å². The Bertz CT molecular complexity index is 597. The Labute approximate surface area is 111 Å². The van der Waals surface area contributed by atoms with Gasteiger partial charge in [0, 0.05) is 12.8 Å². The van der Waals surface area contributed by atoms with Gasteiger partial charge < -0.3 is 9.84 Å². The second kappa shape index (κ2) is 4.35. The monoisotopic (exact) mass is 258 g/mol. The van der Waals surface area contributed by atoms with Gasteiger partial charge in [0.15, 0.2) is 11.6 Å². The van der Waals surface area contributed by atoms with Crippen LogP contribution >= 0.6 is 0 Å². The molecule has 0 fully saturated rings. The molecule has 1 aliphatic rings. The first kappa shape index (κ1) is 12.2. The fraction of sp³-hybridized carbons (Fsp3) is 0.250. The number of rotatable bonds is 2. The van der Waals surface area contributed by atoms with Crippen molar-refractivity contribution >= 4 is 0 Å². The topological polar surface area (TPSA) is 29.5 Å². The van der Waals surface area contributed by atoms with E-state index in [9.17, 15) is 9.50 Å². The molecule has 0 amide bonds. The molecule has 0 radical (unpaired) electrons. The highest BCUT2D eigenvalue weighted by Crippen LogP contribution is 2.38. The molecule has 3 heteroatoms. The van der Waals surface area contributed by atoms with Crippen LogP contribution in [0.5, 0.6) is 5.75 Å². The van der Waals surface area contributed by atoms with Crippen LogP contribution in [-0.2, 0) is 18.4 Å². The summed E-state index contributed by atoms with van der Waals surface area (Å²) in [6.45, 7) is 0. The molecular weight excluding hydrogens is 243 g/mol. The van der Waals surface area contributed by atoms with Crippen LogP contribution < -0.4 is 4.74 Å². The van der Waals surface area contributed by atoms with Crippen molar-refractivity contribution in [1.82, 2.24) is 0 Å². The minimum atomic E-state index is -1.02. The summed E-state index contributed by atoms with van der Waals surface area (Å²) < 4.78 is 18.7. The predicted molar refractivity (Wildman–Crippen MR) is 70.7 cm³/mol. The van der Waals surface area contributed by atoms with E-state index in [1.807, 2.05) is 24.3 Å². The molecule has 0 spiro atoms. The fourth-order valence-corrected chi connectivity index (χ4v) is 2.76. The summed E-state index contributed by atoms with van der Waals surface area (Å²) in [4.78, 5) is 0. The number of hydrogen-bond donors (Lipinski definition) is 1. The highest BCUT2D eigenvalue weighted by Gasteiger charge is 2.36. The Morgan fingerprint density at radius 2 is 1.74 bits per heavy atom. The molecule has 2 aromatic rings. The van der Waals surface area contributed by atoms with E-state index < -0.39 is 11.4 Å². The minimum absolute atomic E-state index is 0.197. The van der Waals surface area contributed by atoms with Crippen LogP contribution in [-0.4, -0.2) is 12.2 Å². The second-order valence-corrected chi connectivity index (χ2v) is 5.00. The van der Waals surface area contributed by atoms with Crippen LogP contribution in [0, 0.1) is 5.82 Å². The van der Waals surface area contributed by atoms with Crippen LogP contribution in [0.1, 0.15) is 16.7 Å². The molecule has 0 saturated heterocycles. The second-order valence-electron chi connectivity index (χ2n) is 5.00.